The Kier molecular flexibility index (Phi) is 5.67. The van der Waals surface area contributed by atoms with E-state index in [4.69, 9.17) is 4.74 Å². The first-order chi connectivity index (χ1) is 12.2. The molecule has 136 valence electrons. The summed E-state index contributed by atoms with van der Waals surface area (Å²) in [6.07, 6.45) is 4.84. The van der Waals surface area contributed by atoms with Crippen molar-refractivity contribution in [2.75, 3.05) is 50.8 Å². The van der Waals surface area contributed by atoms with Gasteiger partial charge in [0.1, 0.15) is 5.69 Å². The lowest BCUT2D eigenvalue weighted by atomic mass is 10.1. The topological polar surface area (TPSA) is 78.9 Å². The Morgan fingerprint density at radius 3 is 2.40 bits per heavy atom. The van der Waals surface area contributed by atoms with Crippen LogP contribution in [0.15, 0.2) is 12.3 Å². The Hall–Kier alpha value is -2.38. The SMILES string of the molecule is CCOC(=O)N1CCN(C(=O)c2ccnc(N3CCCCC3)n2)CC1. The molecular formula is C17H25N5O3. The van der Waals surface area contributed by atoms with Crippen molar-refractivity contribution in [1.82, 2.24) is 19.8 Å². The van der Waals surface area contributed by atoms with E-state index in [9.17, 15) is 9.59 Å². The van der Waals surface area contributed by atoms with Crippen LogP contribution in [-0.2, 0) is 4.74 Å². The van der Waals surface area contributed by atoms with Crippen LogP contribution in [0, 0.1) is 0 Å². The smallest absolute Gasteiger partial charge is 0.409 e. The van der Waals surface area contributed by atoms with Crippen molar-refractivity contribution >= 4 is 17.9 Å². The number of rotatable bonds is 3. The fraction of sp³-hybridized carbons (Fsp3) is 0.647. The second kappa shape index (κ2) is 8.13. The van der Waals surface area contributed by atoms with Gasteiger partial charge in [0.05, 0.1) is 6.61 Å². The zero-order valence-electron chi connectivity index (χ0n) is 14.7. The zero-order valence-corrected chi connectivity index (χ0v) is 14.7. The molecule has 0 saturated carbocycles. The number of amides is 2. The molecule has 0 atom stereocenters. The van der Waals surface area contributed by atoms with Gasteiger partial charge in [0.2, 0.25) is 5.95 Å². The summed E-state index contributed by atoms with van der Waals surface area (Å²) in [6, 6.07) is 1.66. The van der Waals surface area contributed by atoms with Crippen LogP contribution in [0.25, 0.3) is 0 Å². The molecule has 0 unspecified atom stereocenters. The molecule has 2 aliphatic rings. The van der Waals surface area contributed by atoms with E-state index in [2.05, 4.69) is 14.9 Å². The van der Waals surface area contributed by atoms with Crippen LogP contribution in [0.2, 0.25) is 0 Å². The first kappa shape index (κ1) is 17.4. The first-order valence-corrected chi connectivity index (χ1v) is 8.98. The van der Waals surface area contributed by atoms with Crippen LogP contribution < -0.4 is 4.90 Å². The predicted molar refractivity (Wildman–Crippen MR) is 92.6 cm³/mol. The molecule has 25 heavy (non-hydrogen) atoms. The molecule has 8 nitrogen and oxygen atoms in total. The Bertz CT molecular complexity index is 610. The molecule has 0 bridgehead atoms. The van der Waals surface area contributed by atoms with E-state index in [0.717, 1.165) is 25.9 Å². The summed E-state index contributed by atoms with van der Waals surface area (Å²) in [6.45, 7) is 5.96. The van der Waals surface area contributed by atoms with Crippen molar-refractivity contribution in [3.05, 3.63) is 18.0 Å². The zero-order chi connectivity index (χ0) is 17.6. The van der Waals surface area contributed by atoms with E-state index in [1.807, 2.05) is 0 Å². The van der Waals surface area contributed by atoms with Gasteiger partial charge in [-0.25, -0.2) is 14.8 Å². The van der Waals surface area contributed by atoms with E-state index in [-0.39, 0.29) is 12.0 Å². The van der Waals surface area contributed by atoms with Gasteiger partial charge in [0.15, 0.2) is 0 Å². The Labute approximate surface area is 147 Å². The molecular weight excluding hydrogens is 322 g/mol. The highest BCUT2D eigenvalue weighted by atomic mass is 16.6. The number of piperidine rings is 1. The van der Waals surface area contributed by atoms with E-state index in [1.54, 1.807) is 29.0 Å². The quantitative estimate of drug-likeness (QED) is 0.822. The van der Waals surface area contributed by atoms with Crippen molar-refractivity contribution in [2.45, 2.75) is 26.2 Å². The minimum absolute atomic E-state index is 0.107. The van der Waals surface area contributed by atoms with Gasteiger partial charge in [-0.3, -0.25) is 4.79 Å². The van der Waals surface area contributed by atoms with Gasteiger partial charge >= 0.3 is 6.09 Å². The number of aromatic nitrogens is 2. The predicted octanol–water partition coefficient (Wildman–Crippen LogP) is 1.38. The van der Waals surface area contributed by atoms with Crippen LogP contribution in [0.4, 0.5) is 10.7 Å². The molecule has 2 amide bonds. The third kappa shape index (κ3) is 4.18. The molecule has 2 fully saturated rings. The molecule has 0 spiro atoms. The summed E-state index contributed by atoms with van der Waals surface area (Å²) in [5.74, 6) is 0.528. The first-order valence-electron chi connectivity index (χ1n) is 8.98. The monoisotopic (exact) mass is 347 g/mol. The van der Waals surface area contributed by atoms with Crippen LogP contribution in [-0.4, -0.2) is 77.6 Å². The summed E-state index contributed by atoms with van der Waals surface area (Å²) >= 11 is 0. The van der Waals surface area contributed by atoms with Crippen molar-refractivity contribution in [1.29, 1.82) is 0 Å². The maximum atomic E-state index is 12.7. The molecule has 1 aromatic rings. The van der Waals surface area contributed by atoms with Crippen LogP contribution in [0.3, 0.4) is 0 Å². The van der Waals surface area contributed by atoms with E-state index >= 15 is 0 Å². The van der Waals surface area contributed by atoms with Gasteiger partial charge in [-0.2, -0.15) is 0 Å². The number of hydrogen-bond donors (Lipinski definition) is 0. The fourth-order valence-electron chi connectivity index (χ4n) is 3.18. The lowest BCUT2D eigenvalue weighted by molar-refractivity contribution is 0.0566. The largest absolute Gasteiger partial charge is 0.450 e. The van der Waals surface area contributed by atoms with Crippen molar-refractivity contribution in [2.24, 2.45) is 0 Å². The molecule has 0 aromatic carbocycles. The van der Waals surface area contributed by atoms with Gasteiger partial charge in [-0.15, -0.1) is 0 Å². The summed E-state index contributed by atoms with van der Waals surface area (Å²) in [5, 5.41) is 0. The third-order valence-electron chi connectivity index (χ3n) is 4.59. The van der Waals surface area contributed by atoms with E-state index in [0.29, 0.717) is 44.4 Å². The van der Waals surface area contributed by atoms with Gasteiger partial charge in [-0.05, 0) is 32.3 Å². The maximum Gasteiger partial charge on any atom is 0.409 e. The number of nitrogens with zero attached hydrogens (tertiary/aromatic N) is 5. The van der Waals surface area contributed by atoms with E-state index < -0.39 is 0 Å². The average molecular weight is 347 g/mol. The Morgan fingerprint density at radius 1 is 1.04 bits per heavy atom. The highest BCUT2D eigenvalue weighted by Gasteiger charge is 2.26. The second-order valence-electron chi connectivity index (χ2n) is 6.27. The number of carbonyl (C=O) groups excluding carboxylic acids is 2. The van der Waals surface area contributed by atoms with Gasteiger partial charge in [-0.1, -0.05) is 0 Å². The molecule has 1 aromatic heterocycles. The van der Waals surface area contributed by atoms with Crippen LogP contribution in [0.5, 0.6) is 0 Å². The fourth-order valence-corrected chi connectivity index (χ4v) is 3.18. The normalized spacial score (nSPS) is 18.2. The highest BCUT2D eigenvalue weighted by Crippen LogP contribution is 2.16. The maximum absolute atomic E-state index is 12.7. The lowest BCUT2D eigenvalue weighted by Gasteiger charge is -2.34. The van der Waals surface area contributed by atoms with Crippen LogP contribution in [0.1, 0.15) is 36.7 Å². The summed E-state index contributed by atoms with van der Waals surface area (Å²) in [7, 11) is 0. The summed E-state index contributed by atoms with van der Waals surface area (Å²) in [4.78, 5) is 38.8. The minimum atomic E-state index is -0.316. The van der Waals surface area contributed by atoms with Crippen molar-refractivity contribution < 1.29 is 14.3 Å². The third-order valence-corrected chi connectivity index (χ3v) is 4.59. The molecule has 2 saturated heterocycles. The molecule has 0 N–H and O–H groups in total. The highest BCUT2D eigenvalue weighted by molar-refractivity contribution is 5.92. The van der Waals surface area contributed by atoms with Crippen molar-refractivity contribution in [3.63, 3.8) is 0 Å². The van der Waals surface area contributed by atoms with E-state index in [1.165, 1.54) is 6.42 Å². The van der Waals surface area contributed by atoms with Gasteiger partial charge < -0.3 is 19.4 Å². The second-order valence-corrected chi connectivity index (χ2v) is 6.27. The van der Waals surface area contributed by atoms with Crippen LogP contribution >= 0.6 is 0 Å². The molecule has 0 aliphatic carbocycles. The number of ether oxygens (including phenoxy) is 1. The summed E-state index contributed by atoms with van der Waals surface area (Å²) in [5.41, 5.74) is 0.417. The molecule has 0 radical (unpaired) electrons. The number of hydrogen-bond acceptors (Lipinski definition) is 6. The van der Waals surface area contributed by atoms with Gasteiger partial charge in [0, 0.05) is 45.5 Å². The Balaban J connectivity index is 1.61. The molecule has 3 rings (SSSR count). The molecule has 8 heteroatoms. The number of carbonyl (C=O) groups is 2. The number of piperazine rings is 1. The standard InChI is InChI=1S/C17H25N5O3/c1-2-25-17(24)22-12-10-20(11-13-22)15(23)14-6-7-18-16(19-14)21-8-4-3-5-9-21/h6-7H,2-5,8-13H2,1H3. The van der Waals surface area contributed by atoms with Crippen molar-refractivity contribution in [3.8, 4) is 0 Å². The summed E-state index contributed by atoms with van der Waals surface area (Å²) < 4.78 is 5.00. The molecule has 3 heterocycles. The minimum Gasteiger partial charge on any atom is -0.450 e. The lowest BCUT2D eigenvalue weighted by Crippen LogP contribution is -2.50. The molecule has 2 aliphatic heterocycles. The van der Waals surface area contributed by atoms with Gasteiger partial charge in [0.25, 0.3) is 5.91 Å². The number of anilines is 1. The average Bonchev–Trinajstić information content (AvgIpc) is 2.68. The Morgan fingerprint density at radius 2 is 1.72 bits per heavy atom.